The number of benzene rings is 1. The molecular formula is C19H24N8O. The van der Waals surface area contributed by atoms with Crippen molar-refractivity contribution in [3.63, 3.8) is 0 Å². The number of carbonyl (C=O) groups excluding carboxylic acids is 1. The number of rotatable bonds is 8. The van der Waals surface area contributed by atoms with Crippen LogP contribution in [0.25, 0.3) is 0 Å². The maximum atomic E-state index is 11.8. The van der Waals surface area contributed by atoms with E-state index in [0.29, 0.717) is 23.5 Å². The Kier molecular flexibility index (Phi) is 6.50. The number of carbonyl (C=O) groups is 1. The summed E-state index contributed by atoms with van der Waals surface area (Å²) in [5, 5.41) is 17.3. The predicted molar refractivity (Wildman–Crippen MR) is 112 cm³/mol. The predicted octanol–water partition coefficient (Wildman–Crippen LogP) is 3.11. The minimum atomic E-state index is -0.600. The molecule has 146 valence electrons. The van der Waals surface area contributed by atoms with Crippen molar-refractivity contribution < 1.29 is 4.79 Å². The van der Waals surface area contributed by atoms with E-state index in [2.05, 4.69) is 31.1 Å². The third-order valence-electron chi connectivity index (χ3n) is 4.46. The zero-order chi connectivity index (χ0) is 19.8. The van der Waals surface area contributed by atoms with Crippen molar-refractivity contribution in [2.45, 2.75) is 38.1 Å². The fourth-order valence-electron chi connectivity index (χ4n) is 3.11. The summed E-state index contributed by atoms with van der Waals surface area (Å²) in [5.41, 5.74) is 9.94. The van der Waals surface area contributed by atoms with Gasteiger partial charge in [0.2, 0.25) is 5.95 Å². The lowest BCUT2D eigenvalue weighted by Crippen LogP contribution is -2.24. The quantitative estimate of drug-likeness (QED) is 0.352. The first-order valence-electron chi connectivity index (χ1n) is 9.24. The number of aromatic nitrogens is 2. The molecule has 3 rings (SSSR count). The number of nitrogens with zero attached hydrogens (tertiary/aromatic N) is 3. The molecule has 0 spiro atoms. The molecule has 1 saturated carbocycles. The molecule has 1 aromatic carbocycles. The Bertz CT molecular complexity index is 861. The molecule has 9 heteroatoms. The van der Waals surface area contributed by atoms with Gasteiger partial charge in [-0.1, -0.05) is 25.3 Å². The second-order valence-electron chi connectivity index (χ2n) is 6.56. The van der Waals surface area contributed by atoms with E-state index in [1.807, 2.05) is 24.3 Å². The summed E-state index contributed by atoms with van der Waals surface area (Å²) in [5.74, 6) is 0.224. The average Bonchev–Trinajstić information content (AvgIpc) is 2.69. The summed E-state index contributed by atoms with van der Waals surface area (Å²) in [6.07, 6.45) is 9.70. The van der Waals surface area contributed by atoms with E-state index in [9.17, 15) is 4.79 Å². The molecule has 0 atom stereocenters. The lowest BCUT2D eigenvalue weighted by atomic mass is 9.96. The first-order valence-corrected chi connectivity index (χ1v) is 9.24. The van der Waals surface area contributed by atoms with Crippen LogP contribution in [0, 0.1) is 5.41 Å². The fourth-order valence-corrected chi connectivity index (χ4v) is 3.11. The van der Waals surface area contributed by atoms with Crippen LogP contribution < -0.4 is 21.8 Å². The lowest BCUT2D eigenvalue weighted by Gasteiger charge is -2.23. The molecule has 2 aromatic rings. The van der Waals surface area contributed by atoms with Gasteiger partial charge in [0.1, 0.15) is 11.4 Å². The maximum Gasteiger partial charge on any atom is 0.254 e. The van der Waals surface area contributed by atoms with E-state index in [1.54, 1.807) is 0 Å². The monoisotopic (exact) mass is 380 g/mol. The molecule has 1 amide bonds. The summed E-state index contributed by atoms with van der Waals surface area (Å²) in [4.78, 5) is 20.5. The van der Waals surface area contributed by atoms with E-state index in [-0.39, 0.29) is 5.56 Å². The van der Waals surface area contributed by atoms with Gasteiger partial charge >= 0.3 is 0 Å². The smallest absolute Gasteiger partial charge is 0.254 e. The highest BCUT2D eigenvalue weighted by Gasteiger charge is 2.17. The molecule has 0 saturated heterocycles. The van der Waals surface area contributed by atoms with Crippen LogP contribution >= 0.6 is 0 Å². The number of hydrogen-bond donors (Lipinski definition) is 5. The van der Waals surface area contributed by atoms with Gasteiger partial charge in [-0.3, -0.25) is 10.2 Å². The second kappa shape index (κ2) is 9.45. The molecule has 9 nitrogen and oxygen atoms in total. The molecule has 0 aliphatic heterocycles. The van der Waals surface area contributed by atoms with Crippen LogP contribution in [0.3, 0.4) is 0 Å². The number of nitrogens with one attached hydrogen (secondary N) is 4. The highest BCUT2D eigenvalue weighted by molar-refractivity contribution is 6.14. The third-order valence-corrected chi connectivity index (χ3v) is 4.46. The number of anilines is 4. The standard InChI is InChI=1S/C19H24N8O/c20-9-10-23-27-15-8-4-7-14(11-15)24-18-16(17(21)28)12-22-19(26-18)25-13-5-2-1-3-6-13/h4,7-13,20,27H,1-3,5-6H2,(H2,21,28)(H2,22,24,25,26)/b20-9?,23-10-. The highest BCUT2D eigenvalue weighted by atomic mass is 16.1. The van der Waals surface area contributed by atoms with E-state index < -0.39 is 5.91 Å². The Balaban J connectivity index is 1.79. The topological polar surface area (TPSA) is 141 Å². The summed E-state index contributed by atoms with van der Waals surface area (Å²) in [6.45, 7) is 0. The average molecular weight is 380 g/mol. The van der Waals surface area contributed by atoms with Crippen molar-refractivity contribution in [3.8, 4) is 0 Å². The molecule has 28 heavy (non-hydrogen) atoms. The molecule has 1 heterocycles. The van der Waals surface area contributed by atoms with Crippen molar-refractivity contribution in [1.29, 1.82) is 5.41 Å². The van der Waals surface area contributed by atoms with E-state index in [0.717, 1.165) is 24.7 Å². The number of nitrogens with two attached hydrogens (primary N) is 1. The molecule has 0 unspecified atom stereocenters. The third kappa shape index (κ3) is 5.26. The van der Waals surface area contributed by atoms with Crippen LogP contribution in [-0.2, 0) is 0 Å². The largest absolute Gasteiger partial charge is 0.365 e. The van der Waals surface area contributed by atoms with Crippen molar-refractivity contribution in [3.05, 3.63) is 36.0 Å². The van der Waals surface area contributed by atoms with Crippen LogP contribution in [0.4, 0.5) is 23.1 Å². The van der Waals surface area contributed by atoms with Crippen molar-refractivity contribution in [2.24, 2.45) is 10.8 Å². The van der Waals surface area contributed by atoms with E-state index in [4.69, 9.17) is 11.1 Å². The Morgan fingerprint density at radius 1 is 1.25 bits per heavy atom. The van der Waals surface area contributed by atoms with Crippen LogP contribution in [0.2, 0.25) is 0 Å². The number of hydrogen-bond acceptors (Lipinski definition) is 8. The fraction of sp³-hybridized carbons (Fsp3) is 0.316. The summed E-state index contributed by atoms with van der Waals surface area (Å²) in [6, 6.07) is 7.66. The molecule has 0 bridgehead atoms. The zero-order valence-corrected chi connectivity index (χ0v) is 15.5. The van der Waals surface area contributed by atoms with Gasteiger partial charge < -0.3 is 21.8 Å². The van der Waals surface area contributed by atoms with Crippen LogP contribution in [0.1, 0.15) is 42.5 Å². The molecule has 0 radical (unpaired) electrons. The van der Waals surface area contributed by atoms with Gasteiger partial charge in [-0.05, 0) is 31.0 Å². The van der Waals surface area contributed by atoms with Gasteiger partial charge in [0.05, 0.1) is 11.9 Å². The van der Waals surface area contributed by atoms with Crippen molar-refractivity contribution in [2.75, 3.05) is 16.1 Å². The van der Waals surface area contributed by atoms with E-state index in [1.165, 1.54) is 31.7 Å². The van der Waals surface area contributed by atoms with Gasteiger partial charge in [0.25, 0.3) is 5.91 Å². The SMILES string of the molecule is N=C/C=N\Nc1cccc(Nc2nc(NC3CCCCC3)ncc2C(N)=O)c1. The zero-order valence-electron chi connectivity index (χ0n) is 15.5. The van der Waals surface area contributed by atoms with Gasteiger partial charge in [-0.15, -0.1) is 0 Å². The van der Waals surface area contributed by atoms with Crippen molar-refractivity contribution in [1.82, 2.24) is 9.97 Å². The number of hydrazone groups is 1. The molecule has 1 aromatic heterocycles. The number of amides is 1. The molecule has 1 aliphatic carbocycles. The van der Waals surface area contributed by atoms with Crippen LogP contribution in [0.15, 0.2) is 35.6 Å². The number of primary amides is 1. The van der Waals surface area contributed by atoms with Crippen LogP contribution in [0.5, 0.6) is 0 Å². The lowest BCUT2D eigenvalue weighted by molar-refractivity contribution is 0.100. The van der Waals surface area contributed by atoms with Crippen LogP contribution in [-0.4, -0.2) is 34.3 Å². The maximum absolute atomic E-state index is 11.8. The molecular weight excluding hydrogens is 356 g/mol. The first-order chi connectivity index (χ1) is 13.7. The summed E-state index contributed by atoms with van der Waals surface area (Å²) in [7, 11) is 0. The molecule has 1 fully saturated rings. The minimum absolute atomic E-state index is 0.217. The Hall–Kier alpha value is -3.49. The van der Waals surface area contributed by atoms with E-state index >= 15 is 0 Å². The van der Waals surface area contributed by atoms with Gasteiger partial charge in [-0.25, -0.2) is 4.98 Å². The summed E-state index contributed by atoms with van der Waals surface area (Å²) >= 11 is 0. The van der Waals surface area contributed by atoms with Gasteiger partial charge in [0, 0.05) is 24.1 Å². The Labute approximate surface area is 163 Å². The van der Waals surface area contributed by atoms with Gasteiger partial charge in [-0.2, -0.15) is 10.1 Å². The molecule has 1 aliphatic rings. The first kappa shape index (κ1) is 19.3. The second-order valence-corrected chi connectivity index (χ2v) is 6.56. The highest BCUT2D eigenvalue weighted by Crippen LogP contribution is 2.24. The van der Waals surface area contributed by atoms with Gasteiger partial charge in [0.15, 0.2) is 0 Å². The molecule has 6 N–H and O–H groups in total. The summed E-state index contributed by atoms with van der Waals surface area (Å²) < 4.78 is 0. The van der Waals surface area contributed by atoms with Crippen molar-refractivity contribution >= 4 is 41.5 Å². The Morgan fingerprint density at radius 2 is 2.04 bits per heavy atom. The minimum Gasteiger partial charge on any atom is -0.365 e. The Morgan fingerprint density at radius 3 is 2.79 bits per heavy atom. The normalized spacial score (nSPS) is 14.6.